The van der Waals surface area contributed by atoms with Gasteiger partial charge in [0.15, 0.2) is 0 Å². The van der Waals surface area contributed by atoms with Gasteiger partial charge in [0, 0.05) is 26.1 Å². The van der Waals surface area contributed by atoms with Crippen LogP contribution in [0.5, 0.6) is 0 Å². The highest BCUT2D eigenvalue weighted by Gasteiger charge is 2.11. The lowest BCUT2D eigenvalue weighted by molar-refractivity contribution is -0.130. The Kier molecular flexibility index (Phi) is 6.59. The van der Waals surface area contributed by atoms with E-state index >= 15 is 0 Å². The topological polar surface area (TPSA) is 32.3 Å². The Bertz CT molecular complexity index is 148. The minimum atomic E-state index is 0.232. The van der Waals surface area contributed by atoms with Crippen LogP contribution < -0.4 is 5.32 Å². The van der Waals surface area contributed by atoms with E-state index in [1.165, 1.54) is 0 Å². The molecule has 1 unspecified atom stereocenters. The number of rotatable bonds is 6. The highest BCUT2D eigenvalue weighted by Crippen LogP contribution is 1.97. The molecule has 0 aliphatic heterocycles. The lowest BCUT2D eigenvalue weighted by Gasteiger charge is -2.19. The second kappa shape index (κ2) is 6.89. The van der Waals surface area contributed by atoms with Crippen molar-refractivity contribution in [1.29, 1.82) is 0 Å². The van der Waals surface area contributed by atoms with Gasteiger partial charge >= 0.3 is 0 Å². The fourth-order valence-corrected chi connectivity index (χ4v) is 1.30. The molecule has 0 aromatic rings. The summed E-state index contributed by atoms with van der Waals surface area (Å²) in [7, 11) is 1.87. The number of amides is 1. The molecule has 0 aromatic heterocycles. The van der Waals surface area contributed by atoms with Gasteiger partial charge in [-0.1, -0.05) is 13.8 Å². The molecule has 0 spiro atoms. The van der Waals surface area contributed by atoms with E-state index in [2.05, 4.69) is 19.2 Å². The third-order valence-corrected chi connectivity index (χ3v) is 2.02. The average molecular weight is 186 g/mol. The summed E-state index contributed by atoms with van der Waals surface area (Å²) in [5, 5.41) is 3.23. The zero-order valence-electron chi connectivity index (χ0n) is 9.26. The molecule has 78 valence electrons. The highest BCUT2D eigenvalue weighted by molar-refractivity contribution is 5.76. The second-order valence-electron chi connectivity index (χ2n) is 3.48. The predicted octanol–water partition coefficient (Wildman–Crippen LogP) is 1.24. The standard InChI is InChI=1S/C10H22N2O/c1-5-7-12(4)10(13)8-9(3)11-6-2/h9,11H,5-8H2,1-4H3. The van der Waals surface area contributed by atoms with Gasteiger partial charge in [-0.25, -0.2) is 0 Å². The first-order valence-corrected chi connectivity index (χ1v) is 5.09. The summed E-state index contributed by atoms with van der Waals surface area (Å²) in [4.78, 5) is 13.3. The third-order valence-electron chi connectivity index (χ3n) is 2.02. The largest absolute Gasteiger partial charge is 0.346 e. The molecule has 0 saturated carbocycles. The van der Waals surface area contributed by atoms with E-state index in [1.54, 1.807) is 4.90 Å². The molecule has 1 amide bonds. The minimum Gasteiger partial charge on any atom is -0.346 e. The molecule has 0 aliphatic carbocycles. The molecule has 0 radical (unpaired) electrons. The summed E-state index contributed by atoms with van der Waals surface area (Å²) < 4.78 is 0. The van der Waals surface area contributed by atoms with Crippen molar-refractivity contribution in [3.8, 4) is 0 Å². The molecule has 0 rings (SSSR count). The normalized spacial score (nSPS) is 12.6. The van der Waals surface area contributed by atoms with E-state index in [-0.39, 0.29) is 11.9 Å². The summed E-state index contributed by atoms with van der Waals surface area (Å²) in [5.74, 6) is 0.232. The maximum absolute atomic E-state index is 11.5. The molecule has 0 heterocycles. The van der Waals surface area contributed by atoms with Crippen LogP contribution in [0, 0.1) is 0 Å². The van der Waals surface area contributed by atoms with Crippen molar-refractivity contribution < 1.29 is 4.79 Å². The lowest BCUT2D eigenvalue weighted by Crippen LogP contribution is -2.35. The SMILES string of the molecule is CCCN(C)C(=O)CC(C)NCC. The first-order chi connectivity index (χ1) is 6.11. The van der Waals surface area contributed by atoms with Crippen LogP contribution in [0.2, 0.25) is 0 Å². The molecule has 0 aromatic carbocycles. The Balaban J connectivity index is 3.71. The molecule has 3 nitrogen and oxygen atoms in total. The number of hydrogen-bond donors (Lipinski definition) is 1. The van der Waals surface area contributed by atoms with Crippen molar-refractivity contribution in [3.63, 3.8) is 0 Å². The molecular formula is C10H22N2O. The maximum Gasteiger partial charge on any atom is 0.223 e. The van der Waals surface area contributed by atoms with Gasteiger partial charge in [-0.2, -0.15) is 0 Å². The van der Waals surface area contributed by atoms with Gasteiger partial charge in [0.05, 0.1) is 0 Å². The molecule has 0 saturated heterocycles. The summed E-state index contributed by atoms with van der Waals surface area (Å²) in [5.41, 5.74) is 0. The van der Waals surface area contributed by atoms with Gasteiger partial charge < -0.3 is 10.2 Å². The molecule has 0 bridgehead atoms. The number of carbonyl (C=O) groups is 1. The van der Waals surface area contributed by atoms with Crippen LogP contribution in [0.15, 0.2) is 0 Å². The molecule has 3 heteroatoms. The predicted molar refractivity (Wildman–Crippen MR) is 55.7 cm³/mol. The maximum atomic E-state index is 11.5. The lowest BCUT2D eigenvalue weighted by atomic mass is 10.2. The van der Waals surface area contributed by atoms with E-state index in [1.807, 2.05) is 14.0 Å². The van der Waals surface area contributed by atoms with Crippen LogP contribution in [0.1, 0.15) is 33.6 Å². The van der Waals surface area contributed by atoms with Gasteiger partial charge in [0.25, 0.3) is 0 Å². The Hall–Kier alpha value is -0.570. The van der Waals surface area contributed by atoms with Crippen molar-refractivity contribution >= 4 is 5.91 Å². The smallest absolute Gasteiger partial charge is 0.223 e. The van der Waals surface area contributed by atoms with Crippen molar-refractivity contribution in [3.05, 3.63) is 0 Å². The number of hydrogen-bond acceptors (Lipinski definition) is 2. The number of nitrogens with zero attached hydrogens (tertiary/aromatic N) is 1. The van der Waals surface area contributed by atoms with Crippen LogP contribution in [0.4, 0.5) is 0 Å². The average Bonchev–Trinajstić information content (AvgIpc) is 2.05. The van der Waals surface area contributed by atoms with E-state index < -0.39 is 0 Å². The van der Waals surface area contributed by atoms with E-state index in [0.29, 0.717) is 6.42 Å². The molecule has 0 fully saturated rings. The van der Waals surface area contributed by atoms with Gasteiger partial charge in [0.2, 0.25) is 5.91 Å². The summed E-state index contributed by atoms with van der Waals surface area (Å²) >= 11 is 0. The second-order valence-corrected chi connectivity index (χ2v) is 3.48. The van der Waals surface area contributed by atoms with E-state index in [0.717, 1.165) is 19.5 Å². The van der Waals surface area contributed by atoms with Crippen molar-refractivity contribution in [2.24, 2.45) is 0 Å². The molecule has 1 N–H and O–H groups in total. The highest BCUT2D eigenvalue weighted by atomic mass is 16.2. The van der Waals surface area contributed by atoms with E-state index in [4.69, 9.17) is 0 Å². The first-order valence-electron chi connectivity index (χ1n) is 5.09. The van der Waals surface area contributed by atoms with Crippen molar-refractivity contribution in [1.82, 2.24) is 10.2 Å². The molecule has 13 heavy (non-hydrogen) atoms. The zero-order chi connectivity index (χ0) is 10.3. The van der Waals surface area contributed by atoms with E-state index in [9.17, 15) is 4.79 Å². The molecule has 1 atom stereocenters. The summed E-state index contributed by atoms with van der Waals surface area (Å²) in [6, 6.07) is 0.289. The van der Waals surface area contributed by atoms with Gasteiger partial charge in [-0.15, -0.1) is 0 Å². The Labute approximate surface area is 81.5 Å². The fourth-order valence-electron chi connectivity index (χ4n) is 1.30. The number of nitrogens with one attached hydrogen (secondary N) is 1. The first kappa shape index (κ1) is 12.4. The van der Waals surface area contributed by atoms with Gasteiger partial charge in [0.1, 0.15) is 0 Å². The third kappa shape index (κ3) is 5.64. The Morgan fingerprint density at radius 3 is 2.54 bits per heavy atom. The summed E-state index contributed by atoms with van der Waals surface area (Å²) in [6.07, 6.45) is 1.63. The Morgan fingerprint density at radius 1 is 1.46 bits per heavy atom. The summed E-state index contributed by atoms with van der Waals surface area (Å²) in [6.45, 7) is 7.96. The number of carbonyl (C=O) groups excluding carboxylic acids is 1. The quantitative estimate of drug-likeness (QED) is 0.677. The Morgan fingerprint density at radius 2 is 2.08 bits per heavy atom. The van der Waals surface area contributed by atoms with Gasteiger partial charge in [-0.3, -0.25) is 4.79 Å². The van der Waals surface area contributed by atoms with Crippen LogP contribution in [-0.2, 0) is 4.79 Å². The van der Waals surface area contributed by atoms with Crippen LogP contribution in [0.25, 0.3) is 0 Å². The van der Waals surface area contributed by atoms with Crippen LogP contribution >= 0.6 is 0 Å². The molecule has 0 aliphatic rings. The monoisotopic (exact) mass is 186 g/mol. The van der Waals surface area contributed by atoms with Crippen molar-refractivity contribution in [2.45, 2.75) is 39.7 Å². The fraction of sp³-hybridized carbons (Fsp3) is 0.900. The van der Waals surface area contributed by atoms with Crippen LogP contribution in [-0.4, -0.2) is 37.0 Å². The molecular weight excluding hydrogens is 164 g/mol. The van der Waals surface area contributed by atoms with Crippen LogP contribution in [0.3, 0.4) is 0 Å². The van der Waals surface area contributed by atoms with Gasteiger partial charge in [-0.05, 0) is 19.9 Å². The zero-order valence-corrected chi connectivity index (χ0v) is 9.26. The minimum absolute atomic E-state index is 0.232. The van der Waals surface area contributed by atoms with Crippen molar-refractivity contribution in [2.75, 3.05) is 20.1 Å².